The van der Waals surface area contributed by atoms with Gasteiger partial charge in [-0.25, -0.2) is 22.9 Å². The van der Waals surface area contributed by atoms with Crippen LogP contribution in [0.2, 0.25) is 0 Å². The van der Waals surface area contributed by atoms with Crippen molar-refractivity contribution in [3.8, 4) is 11.5 Å². The Bertz CT molecular complexity index is 1850. The lowest BCUT2D eigenvalue weighted by Gasteiger charge is -2.35. The van der Waals surface area contributed by atoms with E-state index in [-0.39, 0.29) is 16.7 Å². The molecule has 1 N–H and O–H groups in total. The number of benzene rings is 2. The second kappa shape index (κ2) is 12.9. The Labute approximate surface area is 276 Å². The van der Waals surface area contributed by atoms with Crippen LogP contribution in [0.15, 0.2) is 40.9 Å². The fourth-order valence-corrected chi connectivity index (χ4v) is 5.52. The number of carbonyl (C=O) groups is 2. The van der Waals surface area contributed by atoms with Crippen molar-refractivity contribution in [3.63, 3.8) is 0 Å². The van der Waals surface area contributed by atoms with Crippen LogP contribution in [0.25, 0.3) is 11.0 Å². The molecule has 1 fully saturated rings. The van der Waals surface area contributed by atoms with Crippen molar-refractivity contribution in [2.45, 2.75) is 58.7 Å². The third kappa shape index (κ3) is 6.85. The van der Waals surface area contributed by atoms with Crippen molar-refractivity contribution in [2.75, 3.05) is 49.5 Å². The zero-order chi connectivity index (χ0) is 35.1. The third-order valence-electron chi connectivity index (χ3n) is 8.20. The van der Waals surface area contributed by atoms with Crippen LogP contribution in [-0.4, -0.2) is 62.5 Å². The number of aromatic nitrogens is 1. The first-order valence-corrected chi connectivity index (χ1v) is 15.4. The monoisotopic (exact) mass is 668 g/mol. The number of rotatable bonds is 8. The molecule has 5 rings (SSSR count). The number of carbonyl (C=O) groups excluding carboxylic acids is 2. The maximum absolute atomic E-state index is 15.5. The van der Waals surface area contributed by atoms with Crippen LogP contribution in [0.5, 0.6) is 11.5 Å². The van der Waals surface area contributed by atoms with Crippen LogP contribution < -0.4 is 24.6 Å². The van der Waals surface area contributed by atoms with Gasteiger partial charge in [-0.05, 0) is 77.3 Å². The van der Waals surface area contributed by atoms with Crippen LogP contribution in [0.4, 0.5) is 40.8 Å². The van der Waals surface area contributed by atoms with Gasteiger partial charge in [-0.1, -0.05) is 0 Å². The minimum atomic E-state index is -1.27. The molecule has 0 radical (unpaired) electrons. The van der Waals surface area contributed by atoms with Crippen molar-refractivity contribution < 1.29 is 41.4 Å². The largest absolute Gasteiger partial charge is 0.494 e. The normalized spacial score (nSPS) is 14.5. The number of alkyl halides is 1. The van der Waals surface area contributed by atoms with E-state index in [9.17, 15) is 14.0 Å². The lowest BCUT2D eigenvalue weighted by atomic mass is 9.95. The molecule has 256 valence electrons. The molecule has 3 heterocycles. The summed E-state index contributed by atoms with van der Waals surface area (Å²) in [5.74, 6) is -4.78. The van der Waals surface area contributed by atoms with E-state index in [1.165, 1.54) is 13.2 Å². The predicted molar refractivity (Wildman–Crippen MR) is 177 cm³/mol. The fourth-order valence-electron chi connectivity index (χ4n) is 5.52. The number of methoxy groups -OCH3 is 2. The number of hydrogen-bond donors (Lipinski definition) is 1. The van der Waals surface area contributed by atoms with Crippen LogP contribution in [0, 0.1) is 18.6 Å². The van der Waals surface area contributed by atoms with Gasteiger partial charge in [0.05, 0.1) is 25.8 Å². The summed E-state index contributed by atoms with van der Waals surface area (Å²) >= 11 is 0. The Morgan fingerprint density at radius 3 is 2.23 bits per heavy atom. The number of hydrogen-bond acceptors (Lipinski definition) is 9. The highest BCUT2D eigenvalue weighted by atomic mass is 19.1. The molecule has 0 saturated carbocycles. The highest BCUT2D eigenvalue weighted by Crippen LogP contribution is 2.40. The highest BCUT2D eigenvalue weighted by molar-refractivity contribution is 6.17. The molecule has 0 unspecified atom stereocenters. The SMILES string of the molecule is COc1cc(OC)c(F)c(C(=O)c2oc3cnc(Nc4ccc(N5CCC(C)(F)CC5)cc4C)cc3c2N(C)C(=O)OC(C)(C)C)c1F. The number of ketones is 1. The zero-order valence-electron chi connectivity index (χ0n) is 28.2. The summed E-state index contributed by atoms with van der Waals surface area (Å²) < 4.78 is 66.7. The number of ether oxygens (including phenoxy) is 3. The quantitative estimate of drug-likeness (QED) is 0.186. The lowest BCUT2D eigenvalue weighted by molar-refractivity contribution is 0.0589. The summed E-state index contributed by atoms with van der Waals surface area (Å²) in [6.45, 7) is 9.81. The van der Waals surface area contributed by atoms with Crippen molar-refractivity contribution in [3.05, 3.63) is 65.1 Å². The van der Waals surface area contributed by atoms with E-state index in [4.69, 9.17) is 18.6 Å². The molecule has 10 nitrogen and oxygen atoms in total. The molecule has 2 aromatic heterocycles. The predicted octanol–water partition coefficient (Wildman–Crippen LogP) is 8.11. The molecule has 2 aromatic carbocycles. The second-order valence-electron chi connectivity index (χ2n) is 13.0. The van der Waals surface area contributed by atoms with E-state index in [1.807, 2.05) is 25.1 Å². The highest BCUT2D eigenvalue weighted by Gasteiger charge is 2.35. The average molecular weight is 669 g/mol. The Morgan fingerprint density at radius 2 is 1.67 bits per heavy atom. The smallest absolute Gasteiger partial charge is 0.414 e. The molecule has 1 saturated heterocycles. The second-order valence-corrected chi connectivity index (χ2v) is 13.0. The minimum absolute atomic E-state index is 0.0713. The molecule has 1 aliphatic heterocycles. The summed E-state index contributed by atoms with van der Waals surface area (Å²) in [5, 5.41) is 3.50. The van der Waals surface area contributed by atoms with E-state index in [0.29, 0.717) is 31.7 Å². The molecule has 0 spiro atoms. The number of nitrogens with one attached hydrogen (secondary N) is 1. The number of nitrogens with zero attached hydrogens (tertiary/aromatic N) is 3. The van der Waals surface area contributed by atoms with Crippen molar-refractivity contribution in [1.29, 1.82) is 0 Å². The Hall–Kier alpha value is -4.94. The molecule has 0 atom stereocenters. The lowest BCUT2D eigenvalue weighted by Crippen LogP contribution is -2.40. The first kappa shape index (κ1) is 34.4. The topological polar surface area (TPSA) is 106 Å². The Balaban J connectivity index is 1.57. The molecule has 0 bridgehead atoms. The van der Waals surface area contributed by atoms with Gasteiger partial charge >= 0.3 is 6.09 Å². The summed E-state index contributed by atoms with van der Waals surface area (Å²) in [5.41, 5.74) is -0.461. The van der Waals surface area contributed by atoms with Gasteiger partial charge in [-0.3, -0.25) is 9.69 Å². The molecular formula is C35H39F3N4O6. The van der Waals surface area contributed by atoms with E-state index in [1.54, 1.807) is 33.8 Å². The van der Waals surface area contributed by atoms with E-state index < -0.39 is 57.6 Å². The molecular weight excluding hydrogens is 629 g/mol. The van der Waals surface area contributed by atoms with Crippen molar-refractivity contribution >= 4 is 45.7 Å². The average Bonchev–Trinajstić information content (AvgIpc) is 3.40. The number of pyridine rings is 1. The van der Waals surface area contributed by atoms with E-state index in [2.05, 4.69) is 15.2 Å². The van der Waals surface area contributed by atoms with Gasteiger partial charge in [0.25, 0.3) is 0 Å². The summed E-state index contributed by atoms with van der Waals surface area (Å²) in [4.78, 5) is 34.8. The van der Waals surface area contributed by atoms with Crippen LogP contribution >= 0.6 is 0 Å². The number of amides is 1. The van der Waals surface area contributed by atoms with Crippen LogP contribution in [0.3, 0.4) is 0 Å². The number of halogens is 3. The summed E-state index contributed by atoms with van der Waals surface area (Å²) in [6, 6.07) is 8.38. The Morgan fingerprint density at radius 1 is 1.04 bits per heavy atom. The maximum Gasteiger partial charge on any atom is 0.414 e. The first-order valence-electron chi connectivity index (χ1n) is 15.4. The van der Waals surface area contributed by atoms with Crippen LogP contribution in [0.1, 0.15) is 62.2 Å². The van der Waals surface area contributed by atoms with Crippen LogP contribution in [-0.2, 0) is 4.74 Å². The van der Waals surface area contributed by atoms with Crippen molar-refractivity contribution in [2.24, 2.45) is 0 Å². The first-order chi connectivity index (χ1) is 22.5. The van der Waals surface area contributed by atoms with Gasteiger partial charge in [0.2, 0.25) is 5.78 Å². The van der Waals surface area contributed by atoms with Gasteiger partial charge in [0, 0.05) is 37.6 Å². The molecule has 1 aliphatic rings. The van der Waals surface area contributed by atoms with Gasteiger partial charge < -0.3 is 28.8 Å². The number of aryl methyl sites for hydroxylation is 1. The number of piperidine rings is 1. The molecule has 0 aliphatic carbocycles. The van der Waals surface area contributed by atoms with E-state index >= 15 is 8.78 Å². The van der Waals surface area contributed by atoms with Gasteiger partial charge in [0.15, 0.2) is 34.5 Å². The molecule has 4 aromatic rings. The van der Waals surface area contributed by atoms with Gasteiger partial charge in [-0.2, -0.15) is 0 Å². The van der Waals surface area contributed by atoms with E-state index in [0.717, 1.165) is 42.1 Å². The summed E-state index contributed by atoms with van der Waals surface area (Å²) in [7, 11) is 3.68. The standard InChI is InChI=1S/C35H39F3N4O6/c1-19-15-20(42-13-11-35(5,38)12-14-42)9-10-22(19)40-26-16-21-25(18-39-26)47-32(30(21)41(6)33(44)48-34(2,3)4)31(43)27-28(36)23(45-7)17-24(46-8)29(27)37/h9-10,15-18H,11-14H2,1-8H3,(H,39,40). The molecule has 48 heavy (non-hydrogen) atoms. The zero-order valence-corrected chi connectivity index (χ0v) is 28.2. The number of furan rings is 1. The van der Waals surface area contributed by atoms with Gasteiger partial charge in [-0.15, -0.1) is 0 Å². The molecule has 13 heteroatoms. The van der Waals surface area contributed by atoms with Gasteiger partial charge in [0.1, 0.15) is 28.3 Å². The maximum atomic E-state index is 15.5. The fraction of sp³-hybridized carbons (Fsp3) is 0.400. The minimum Gasteiger partial charge on any atom is -0.494 e. The third-order valence-corrected chi connectivity index (χ3v) is 8.20. The Kier molecular flexibility index (Phi) is 9.26. The molecule has 1 amide bonds. The summed E-state index contributed by atoms with van der Waals surface area (Å²) in [6.07, 6.45) is 1.41. The number of anilines is 4. The number of fused-ring (bicyclic) bond motifs is 1. The van der Waals surface area contributed by atoms with Crippen molar-refractivity contribution in [1.82, 2.24) is 4.98 Å².